The van der Waals surface area contributed by atoms with Crippen LogP contribution in [0, 0.1) is 13.8 Å². The number of carbonyl (C=O) groups is 1. The standard InChI is InChI=1S/C20H21ClN2OS3/c1-13-10-14(2)19-17(11-13)23(8-9-25-3)20(27-19)22-18(24)12-26-16-6-4-15(21)5-7-16/h4-7,10-11H,8-9,12H2,1-3H3. The molecule has 3 nitrogen and oxygen atoms in total. The maximum Gasteiger partial charge on any atom is 0.258 e. The van der Waals surface area contributed by atoms with Crippen molar-refractivity contribution in [3.05, 3.63) is 57.3 Å². The lowest BCUT2D eigenvalue weighted by molar-refractivity contribution is -0.115. The molecule has 7 heteroatoms. The maximum atomic E-state index is 12.5. The summed E-state index contributed by atoms with van der Waals surface area (Å²) in [5, 5.41) is 0.695. The second-order valence-electron chi connectivity index (χ2n) is 6.21. The third-order valence-corrected chi connectivity index (χ3v) is 7.10. The number of rotatable bonds is 6. The van der Waals surface area contributed by atoms with Gasteiger partial charge in [0.15, 0.2) is 4.80 Å². The molecule has 3 rings (SSSR count). The number of aryl methyl sites for hydroxylation is 3. The maximum absolute atomic E-state index is 12.5. The van der Waals surface area contributed by atoms with E-state index in [1.165, 1.54) is 33.1 Å². The Morgan fingerprint density at radius 3 is 2.67 bits per heavy atom. The van der Waals surface area contributed by atoms with Crippen LogP contribution in [0.5, 0.6) is 0 Å². The summed E-state index contributed by atoms with van der Waals surface area (Å²) in [6.07, 6.45) is 2.09. The molecule has 0 fully saturated rings. The largest absolute Gasteiger partial charge is 0.315 e. The lowest BCUT2D eigenvalue weighted by atomic mass is 10.1. The Labute approximate surface area is 176 Å². The van der Waals surface area contributed by atoms with Gasteiger partial charge >= 0.3 is 0 Å². The summed E-state index contributed by atoms with van der Waals surface area (Å²) in [7, 11) is 0. The predicted molar refractivity (Wildman–Crippen MR) is 120 cm³/mol. The Hall–Kier alpha value is -1.21. The summed E-state index contributed by atoms with van der Waals surface area (Å²) in [6.45, 7) is 5.07. The fraction of sp³-hybridized carbons (Fsp3) is 0.300. The summed E-state index contributed by atoms with van der Waals surface area (Å²) < 4.78 is 3.39. The Balaban J connectivity index is 1.90. The van der Waals surface area contributed by atoms with Crippen molar-refractivity contribution in [1.29, 1.82) is 0 Å². The highest BCUT2D eigenvalue weighted by molar-refractivity contribution is 8.00. The van der Waals surface area contributed by atoms with Crippen molar-refractivity contribution in [3.63, 3.8) is 0 Å². The first kappa shape index (κ1) is 20.5. The lowest BCUT2D eigenvalue weighted by Gasteiger charge is -2.05. The fourth-order valence-electron chi connectivity index (χ4n) is 2.81. The first-order valence-electron chi connectivity index (χ1n) is 8.53. The first-order valence-corrected chi connectivity index (χ1v) is 12.1. The number of carbonyl (C=O) groups excluding carboxylic acids is 1. The molecule has 0 radical (unpaired) electrons. The molecule has 0 saturated carbocycles. The molecule has 0 aliphatic heterocycles. The Kier molecular flexibility index (Phi) is 7.09. The van der Waals surface area contributed by atoms with E-state index < -0.39 is 0 Å². The summed E-state index contributed by atoms with van der Waals surface area (Å²) in [6, 6.07) is 11.9. The number of nitrogens with zero attached hydrogens (tertiary/aromatic N) is 2. The van der Waals surface area contributed by atoms with Crippen molar-refractivity contribution in [3.8, 4) is 0 Å². The van der Waals surface area contributed by atoms with Crippen LogP contribution >= 0.6 is 46.5 Å². The quantitative estimate of drug-likeness (QED) is 0.474. The second kappa shape index (κ2) is 9.32. The molecule has 3 aromatic rings. The van der Waals surface area contributed by atoms with Crippen LogP contribution < -0.4 is 4.80 Å². The van der Waals surface area contributed by atoms with Crippen LogP contribution in [0.2, 0.25) is 5.02 Å². The molecular formula is C20H21ClN2OS3. The molecule has 0 bridgehead atoms. The number of fused-ring (bicyclic) bond motifs is 1. The van der Waals surface area contributed by atoms with Gasteiger partial charge in [-0.25, -0.2) is 0 Å². The summed E-state index contributed by atoms with van der Waals surface area (Å²) in [5.41, 5.74) is 3.63. The van der Waals surface area contributed by atoms with Crippen LogP contribution in [0.4, 0.5) is 0 Å². The van der Waals surface area contributed by atoms with Crippen LogP contribution in [0.25, 0.3) is 10.2 Å². The summed E-state index contributed by atoms with van der Waals surface area (Å²) in [4.78, 5) is 18.7. The van der Waals surface area contributed by atoms with E-state index in [0.29, 0.717) is 10.8 Å². The molecule has 1 amide bonds. The van der Waals surface area contributed by atoms with Gasteiger partial charge in [-0.05, 0) is 61.6 Å². The van der Waals surface area contributed by atoms with Gasteiger partial charge in [0.25, 0.3) is 5.91 Å². The average molecular weight is 437 g/mol. The van der Waals surface area contributed by atoms with Crippen LogP contribution in [0.3, 0.4) is 0 Å². The molecule has 142 valence electrons. The first-order chi connectivity index (χ1) is 13.0. The number of halogens is 1. The van der Waals surface area contributed by atoms with Crippen LogP contribution in [-0.4, -0.2) is 28.2 Å². The zero-order valence-corrected chi connectivity index (χ0v) is 18.7. The Morgan fingerprint density at radius 2 is 1.96 bits per heavy atom. The minimum atomic E-state index is -0.117. The molecule has 0 atom stereocenters. The van der Waals surface area contributed by atoms with Gasteiger partial charge < -0.3 is 4.57 Å². The Bertz CT molecular complexity index is 1020. The van der Waals surface area contributed by atoms with Gasteiger partial charge in [-0.2, -0.15) is 16.8 Å². The zero-order valence-electron chi connectivity index (χ0n) is 15.5. The van der Waals surface area contributed by atoms with Crippen molar-refractivity contribution in [1.82, 2.24) is 4.57 Å². The number of hydrogen-bond donors (Lipinski definition) is 0. The van der Waals surface area contributed by atoms with E-state index in [0.717, 1.165) is 22.0 Å². The molecule has 2 aromatic carbocycles. The van der Waals surface area contributed by atoms with Gasteiger partial charge in [0.05, 0.1) is 16.0 Å². The van der Waals surface area contributed by atoms with Crippen molar-refractivity contribution in [2.45, 2.75) is 25.3 Å². The van der Waals surface area contributed by atoms with Crippen molar-refractivity contribution in [2.75, 3.05) is 17.8 Å². The second-order valence-corrected chi connectivity index (χ2v) is 9.66. The zero-order chi connectivity index (χ0) is 19.4. The van der Waals surface area contributed by atoms with E-state index in [1.807, 2.05) is 24.3 Å². The van der Waals surface area contributed by atoms with Gasteiger partial charge in [-0.3, -0.25) is 4.79 Å². The lowest BCUT2D eigenvalue weighted by Crippen LogP contribution is -2.18. The smallest absolute Gasteiger partial charge is 0.258 e. The van der Waals surface area contributed by atoms with Gasteiger partial charge in [0.2, 0.25) is 0 Å². The summed E-state index contributed by atoms with van der Waals surface area (Å²) in [5.74, 6) is 1.18. The number of thiazole rings is 1. The van der Waals surface area contributed by atoms with Crippen LogP contribution in [0.15, 0.2) is 46.3 Å². The van der Waals surface area contributed by atoms with Crippen molar-refractivity contribution < 1.29 is 4.79 Å². The minimum absolute atomic E-state index is 0.117. The number of benzene rings is 2. The van der Waals surface area contributed by atoms with E-state index in [4.69, 9.17) is 11.6 Å². The minimum Gasteiger partial charge on any atom is -0.315 e. The van der Waals surface area contributed by atoms with Gasteiger partial charge in [-0.1, -0.05) is 29.0 Å². The van der Waals surface area contributed by atoms with E-state index in [9.17, 15) is 4.79 Å². The topological polar surface area (TPSA) is 34.4 Å². The normalized spacial score (nSPS) is 12.1. The van der Waals surface area contributed by atoms with Gasteiger partial charge in [0.1, 0.15) is 0 Å². The Morgan fingerprint density at radius 1 is 1.22 bits per heavy atom. The van der Waals surface area contributed by atoms with Crippen LogP contribution in [-0.2, 0) is 11.3 Å². The number of amides is 1. The molecule has 27 heavy (non-hydrogen) atoms. The predicted octanol–water partition coefficient (Wildman–Crippen LogP) is 5.56. The van der Waals surface area contributed by atoms with E-state index in [1.54, 1.807) is 23.1 Å². The van der Waals surface area contributed by atoms with E-state index in [-0.39, 0.29) is 5.91 Å². The van der Waals surface area contributed by atoms with Crippen molar-refractivity contribution >= 4 is 62.6 Å². The molecule has 0 N–H and O–H groups in total. The molecule has 0 aliphatic carbocycles. The highest BCUT2D eigenvalue weighted by Gasteiger charge is 2.11. The molecule has 0 saturated heterocycles. The fourth-order valence-corrected chi connectivity index (χ4v) is 5.11. The van der Waals surface area contributed by atoms with Crippen LogP contribution in [0.1, 0.15) is 11.1 Å². The molecule has 0 spiro atoms. The SMILES string of the molecule is CSCCn1c(=NC(=O)CSc2ccc(Cl)cc2)sc2c(C)cc(C)cc21. The average Bonchev–Trinajstić information content (AvgIpc) is 2.97. The molecule has 0 aliphatic rings. The molecule has 0 unspecified atom stereocenters. The van der Waals surface area contributed by atoms with Crippen molar-refractivity contribution in [2.24, 2.45) is 4.99 Å². The number of aromatic nitrogens is 1. The molecule has 1 aromatic heterocycles. The van der Waals surface area contributed by atoms with E-state index >= 15 is 0 Å². The molecule has 1 heterocycles. The number of hydrogen-bond acceptors (Lipinski definition) is 4. The third-order valence-electron chi connectivity index (χ3n) is 4.03. The van der Waals surface area contributed by atoms with Gasteiger partial charge in [-0.15, -0.1) is 11.8 Å². The monoisotopic (exact) mass is 436 g/mol. The molecular weight excluding hydrogens is 416 g/mol. The highest BCUT2D eigenvalue weighted by atomic mass is 35.5. The van der Waals surface area contributed by atoms with E-state index in [2.05, 4.69) is 41.8 Å². The van der Waals surface area contributed by atoms with Gasteiger partial charge in [0, 0.05) is 22.2 Å². The highest BCUT2D eigenvalue weighted by Crippen LogP contribution is 2.24. The summed E-state index contributed by atoms with van der Waals surface area (Å²) >= 11 is 10.8. The third kappa shape index (κ3) is 5.19. The number of thioether (sulfide) groups is 2.